The summed E-state index contributed by atoms with van der Waals surface area (Å²) in [6.45, 7) is 2.80. The maximum atomic E-state index is 12.6. The summed E-state index contributed by atoms with van der Waals surface area (Å²) in [5.41, 5.74) is 9.25. The molecular formula is C26H25Cl2N3O3. The SMILES string of the molecule is CCc1ccc(N2C[C@@H](C(=O)NNc3ccc(OCc4ccc(Cl)c(Cl)c4)cc3)CC2=O)cc1. The van der Waals surface area contributed by atoms with E-state index in [1.54, 1.807) is 41.3 Å². The highest BCUT2D eigenvalue weighted by molar-refractivity contribution is 6.42. The predicted octanol–water partition coefficient (Wildman–Crippen LogP) is 5.63. The van der Waals surface area contributed by atoms with E-state index in [1.807, 2.05) is 30.3 Å². The highest BCUT2D eigenvalue weighted by Crippen LogP contribution is 2.26. The molecule has 1 atom stereocenters. The number of hydrogen-bond acceptors (Lipinski definition) is 4. The normalized spacial score (nSPS) is 15.3. The van der Waals surface area contributed by atoms with Gasteiger partial charge in [0.2, 0.25) is 11.8 Å². The molecule has 6 nitrogen and oxygen atoms in total. The molecule has 3 aromatic rings. The summed E-state index contributed by atoms with van der Waals surface area (Å²) in [5.74, 6) is -0.0115. The topological polar surface area (TPSA) is 70.7 Å². The van der Waals surface area contributed by atoms with E-state index in [1.165, 1.54) is 5.56 Å². The Morgan fingerprint density at radius 3 is 2.38 bits per heavy atom. The van der Waals surface area contributed by atoms with Crippen LogP contribution < -0.4 is 20.5 Å². The molecule has 1 heterocycles. The monoisotopic (exact) mass is 497 g/mol. The molecular weight excluding hydrogens is 473 g/mol. The first-order valence-corrected chi connectivity index (χ1v) is 11.8. The van der Waals surface area contributed by atoms with Gasteiger partial charge in [-0.2, -0.15) is 0 Å². The van der Waals surface area contributed by atoms with Gasteiger partial charge in [0.05, 0.1) is 21.7 Å². The summed E-state index contributed by atoms with van der Waals surface area (Å²) in [6.07, 6.45) is 1.12. The molecule has 2 N–H and O–H groups in total. The second kappa shape index (κ2) is 10.8. The van der Waals surface area contributed by atoms with Crippen LogP contribution in [0.4, 0.5) is 11.4 Å². The number of benzene rings is 3. The minimum absolute atomic E-state index is 0.0483. The molecule has 176 valence electrons. The van der Waals surface area contributed by atoms with Crippen LogP contribution in [-0.2, 0) is 22.6 Å². The molecule has 0 saturated carbocycles. The fourth-order valence-corrected chi connectivity index (χ4v) is 4.03. The van der Waals surface area contributed by atoms with E-state index in [9.17, 15) is 9.59 Å². The fourth-order valence-electron chi connectivity index (χ4n) is 3.71. The lowest BCUT2D eigenvalue weighted by atomic mass is 10.1. The summed E-state index contributed by atoms with van der Waals surface area (Å²) < 4.78 is 5.77. The molecule has 1 fully saturated rings. The van der Waals surface area contributed by atoms with Crippen LogP contribution in [0.5, 0.6) is 5.75 Å². The molecule has 8 heteroatoms. The van der Waals surface area contributed by atoms with Gasteiger partial charge in [0.15, 0.2) is 0 Å². The number of amides is 2. The second-order valence-corrected chi connectivity index (χ2v) is 8.92. The summed E-state index contributed by atoms with van der Waals surface area (Å²) >= 11 is 12.0. The van der Waals surface area contributed by atoms with Crippen molar-refractivity contribution in [1.82, 2.24) is 5.43 Å². The molecule has 0 aliphatic carbocycles. The second-order valence-electron chi connectivity index (χ2n) is 8.10. The quantitative estimate of drug-likeness (QED) is 0.395. The van der Waals surface area contributed by atoms with Crippen molar-refractivity contribution in [3.8, 4) is 5.75 Å². The van der Waals surface area contributed by atoms with E-state index in [2.05, 4.69) is 17.8 Å². The standard InChI is InChI=1S/C26H25Cl2N3O3/c1-2-17-3-8-21(9-4-17)31-15-19(14-25(31)32)26(33)30-29-20-6-10-22(11-7-20)34-16-18-5-12-23(27)24(28)13-18/h3-13,19,29H,2,14-16H2,1H3,(H,30,33)/t19-/m0/s1. The molecule has 3 aromatic carbocycles. The van der Waals surface area contributed by atoms with Gasteiger partial charge < -0.3 is 9.64 Å². The van der Waals surface area contributed by atoms with E-state index >= 15 is 0 Å². The highest BCUT2D eigenvalue weighted by atomic mass is 35.5. The fraction of sp³-hybridized carbons (Fsp3) is 0.231. The Bertz CT molecular complexity index is 1170. The minimum atomic E-state index is -0.417. The van der Waals surface area contributed by atoms with E-state index in [0.29, 0.717) is 34.6 Å². The summed E-state index contributed by atoms with van der Waals surface area (Å²) in [7, 11) is 0. The smallest absolute Gasteiger partial charge is 0.243 e. The van der Waals surface area contributed by atoms with Gasteiger partial charge in [0.25, 0.3) is 0 Å². The number of carbonyl (C=O) groups is 2. The van der Waals surface area contributed by atoms with Gasteiger partial charge >= 0.3 is 0 Å². The molecule has 0 spiro atoms. The number of hydrogen-bond donors (Lipinski definition) is 2. The van der Waals surface area contributed by atoms with Crippen molar-refractivity contribution in [2.24, 2.45) is 5.92 Å². The van der Waals surface area contributed by atoms with Crippen molar-refractivity contribution in [2.45, 2.75) is 26.4 Å². The highest BCUT2D eigenvalue weighted by Gasteiger charge is 2.35. The molecule has 34 heavy (non-hydrogen) atoms. The number of halogens is 2. The maximum absolute atomic E-state index is 12.6. The lowest BCUT2D eigenvalue weighted by Gasteiger charge is -2.17. The number of rotatable bonds is 8. The van der Waals surface area contributed by atoms with Crippen LogP contribution in [0, 0.1) is 5.92 Å². The zero-order valence-corrected chi connectivity index (χ0v) is 20.2. The maximum Gasteiger partial charge on any atom is 0.243 e. The lowest BCUT2D eigenvalue weighted by molar-refractivity contribution is -0.125. The Hall–Kier alpha value is -3.22. The Balaban J connectivity index is 1.26. The van der Waals surface area contributed by atoms with Crippen molar-refractivity contribution < 1.29 is 14.3 Å². The Kier molecular flexibility index (Phi) is 7.60. The number of nitrogens with one attached hydrogen (secondary N) is 2. The molecule has 1 saturated heterocycles. The van der Waals surface area contributed by atoms with E-state index in [4.69, 9.17) is 27.9 Å². The Morgan fingerprint density at radius 2 is 1.71 bits per heavy atom. The predicted molar refractivity (Wildman–Crippen MR) is 135 cm³/mol. The summed E-state index contributed by atoms with van der Waals surface area (Å²) in [5, 5.41) is 0.989. The molecule has 0 radical (unpaired) electrons. The first-order valence-electron chi connectivity index (χ1n) is 11.0. The van der Waals surface area contributed by atoms with Crippen molar-refractivity contribution in [2.75, 3.05) is 16.9 Å². The first kappa shape index (κ1) is 23.9. The first-order chi connectivity index (χ1) is 16.4. The number of ether oxygens (including phenoxy) is 1. The van der Waals surface area contributed by atoms with Crippen LogP contribution in [0.15, 0.2) is 66.7 Å². The Labute approximate surface area is 208 Å². The summed E-state index contributed by atoms with van der Waals surface area (Å²) in [4.78, 5) is 26.7. The third kappa shape index (κ3) is 5.82. The van der Waals surface area contributed by atoms with E-state index in [-0.39, 0.29) is 18.2 Å². The van der Waals surface area contributed by atoms with Gasteiger partial charge in [-0.3, -0.25) is 20.4 Å². The molecule has 1 aliphatic rings. The van der Waals surface area contributed by atoms with Crippen molar-refractivity contribution in [3.05, 3.63) is 87.9 Å². The van der Waals surface area contributed by atoms with Crippen molar-refractivity contribution in [3.63, 3.8) is 0 Å². The molecule has 4 rings (SSSR count). The average molecular weight is 498 g/mol. The van der Waals surface area contributed by atoms with Gasteiger partial charge in [-0.1, -0.05) is 48.3 Å². The Morgan fingerprint density at radius 1 is 1.00 bits per heavy atom. The van der Waals surface area contributed by atoms with Gasteiger partial charge in [-0.15, -0.1) is 0 Å². The molecule has 1 aliphatic heterocycles. The summed E-state index contributed by atoms with van der Waals surface area (Å²) in [6, 6.07) is 20.4. The zero-order valence-electron chi connectivity index (χ0n) is 18.7. The van der Waals surface area contributed by atoms with Crippen molar-refractivity contribution >= 4 is 46.4 Å². The van der Waals surface area contributed by atoms with E-state index < -0.39 is 5.92 Å². The third-order valence-electron chi connectivity index (χ3n) is 5.73. The lowest BCUT2D eigenvalue weighted by Crippen LogP contribution is -2.36. The van der Waals surface area contributed by atoms with Crippen LogP contribution in [0.3, 0.4) is 0 Å². The molecule has 0 bridgehead atoms. The minimum Gasteiger partial charge on any atom is -0.489 e. The number of aryl methyl sites for hydroxylation is 1. The number of nitrogens with zero attached hydrogens (tertiary/aromatic N) is 1. The van der Waals surface area contributed by atoms with E-state index in [0.717, 1.165) is 17.7 Å². The van der Waals surface area contributed by atoms with Gasteiger partial charge in [0.1, 0.15) is 12.4 Å². The van der Waals surface area contributed by atoms with Crippen LogP contribution >= 0.6 is 23.2 Å². The van der Waals surface area contributed by atoms with Crippen LogP contribution in [0.25, 0.3) is 0 Å². The van der Waals surface area contributed by atoms with Crippen LogP contribution in [-0.4, -0.2) is 18.4 Å². The zero-order chi connectivity index (χ0) is 24.1. The van der Waals surface area contributed by atoms with Crippen LogP contribution in [0.1, 0.15) is 24.5 Å². The van der Waals surface area contributed by atoms with Gasteiger partial charge in [-0.25, -0.2) is 0 Å². The number of anilines is 2. The van der Waals surface area contributed by atoms with Gasteiger partial charge in [-0.05, 0) is 66.1 Å². The third-order valence-corrected chi connectivity index (χ3v) is 6.46. The average Bonchev–Trinajstić information content (AvgIpc) is 3.25. The van der Waals surface area contributed by atoms with Gasteiger partial charge in [0, 0.05) is 18.7 Å². The largest absolute Gasteiger partial charge is 0.489 e. The molecule has 2 amide bonds. The number of hydrazine groups is 1. The molecule has 0 unspecified atom stereocenters. The molecule has 0 aromatic heterocycles. The number of carbonyl (C=O) groups excluding carboxylic acids is 2. The van der Waals surface area contributed by atoms with Crippen molar-refractivity contribution in [1.29, 1.82) is 0 Å². The van der Waals surface area contributed by atoms with Crippen LogP contribution in [0.2, 0.25) is 10.0 Å².